The molecule has 1 heterocycles. The van der Waals surface area contributed by atoms with Gasteiger partial charge in [0.2, 0.25) is 0 Å². The summed E-state index contributed by atoms with van der Waals surface area (Å²) >= 11 is 0. The molecule has 2 rings (SSSR count). The number of aliphatic hydroxyl groups excluding tert-OH is 2. The van der Waals surface area contributed by atoms with Gasteiger partial charge in [-0.2, -0.15) is 0 Å². The summed E-state index contributed by atoms with van der Waals surface area (Å²) in [7, 11) is 1.48. The first kappa shape index (κ1) is 15.2. The van der Waals surface area contributed by atoms with Gasteiger partial charge in [-0.25, -0.2) is 4.39 Å². The standard InChI is InChI=1S/C14H21FN2O3/c1-20-13-4-2-3-9(15)14(13)10(16)5-6-17-7-11(18)12(19)8-17/h2-4,10-12,18-19H,5-8,16H2,1H3. The normalized spacial score (nSPS) is 24.9. The Morgan fingerprint density at radius 2 is 2.05 bits per heavy atom. The number of hydrogen-bond acceptors (Lipinski definition) is 5. The number of β-amino-alcohol motifs (C(OH)–C–C–N with tert-alkyl or cyclic N) is 2. The summed E-state index contributed by atoms with van der Waals surface area (Å²) in [6.07, 6.45) is -0.903. The SMILES string of the molecule is COc1cccc(F)c1C(N)CCN1CC(O)C(O)C1. The molecule has 1 saturated heterocycles. The summed E-state index contributed by atoms with van der Waals surface area (Å²) in [6.45, 7) is 1.43. The van der Waals surface area contributed by atoms with Crippen LogP contribution in [0.15, 0.2) is 18.2 Å². The molecular weight excluding hydrogens is 263 g/mol. The number of halogens is 1. The maximum Gasteiger partial charge on any atom is 0.131 e. The van der Waals surface area contributed by atoms with E-state index in [1.165, 1.54) is 13.2 Å². The predicted molar refractivity (Wildman–Crippen MR) is 73.0 cm³/mol. The molecular formula is C14H21FN2O3. The molecule has 0 saturated carbocycles. The largest absolute Gasteiger partial charge is 0.496 e. The van der Waals surface area contributed by atoms with Crippen molar-refractivity contribution in [3.63, 3.8) is 0 Å². The minimum absolute atomic E-state index is 0.371. The first-order valence-corrected chi connectivity index (χ1v) is 6.69. The Balaban J connectivity index is 1.97. The fourth-order valence-corrected chi connectivity index (χ4v) is 2.55. The predicted octanol–water partition coefficient (Wildman–Crippen LogP) is 0.262. The van der Waals surface area contributed by atoms with Gasteiger partial charge >= 0.3 is 0 Å². The third-order valence-corrected chi connectivity index (χ3v) is 3.69. The second-order valence-electron chi connectivity index (χ2n) is 5.15. The minimum Gasteiger partial charge on any atom is -0.496 e. The van der Waals surface area contributed by atoms with E-state index in [4.69, 9.17) is 10.5 Å². The molecule has 4 N–H and O–H groups in total. The fourth-order valence-electron chi connectivity index (χ4n) is 2.55. The molecule has 20 heavy (non-hydrogen) atoms. The summed E-state index contributed by atoms with van der Waals surface area (Å²) < 4.78 is 19.0. The van der Waals surface area contributed by atoms with E-state index in [1.807, 2.05) is 4.90 Å². The van der Waals surface area contributed by atoms with Crippen LogP contribution in [0.1, 0.15) is 18.0 Å². The molecule has 112 valence electrons. The second kappa shape index (κ2) is 6.49. The molecule has 0 aromatic heterocycles. The van der Waals surface area contributed by atoms with Crippen LogP contribution in [0, 0.1) is 5.82 Å². The van der Waals surface area contributed by atoms with Gasteiger partial charge < -0.3 is 20.7 Å². The van der Waals surface area contributed by atoms with Crippen molar-refractivity contribution in [2.24, 2.45) is 5.73 Å². The van der Waals surface area contributed by atoms with Crippen molar-refractivity contribution >= 4 is 0 Å². The van der Waals surface area contributed by atoms with Crippen LogP contribution in [0.25, 0.3) is 0 Å². The lowest BCUT2D eigenvalue weighted by atomic mass is 10.0. The van der Waals surface area contributed by atoms with Crippen LogP contribution in [-0.2, 0) is 0 Å². The number of rotatable bonds is 5. The number of benzene rings is 1. The van der Waals surface area contributed by atoms with Gasteiger partial charge in [0.25, 0.3) is 0 Å². The average molecular weight is 284 g/mol. The molecule has 1 aliphatic rings. The zero-order chi connectivity index (χ0) is 14.7. The summed E-state index contributed by atoms with van der Waals surface area (Å²) in [5.74, 6) is 0.0670. The molecule has 0 amide bonds. The minimum atomic E-state index is -0.714. The van der Waals surface area contributed by atoms with Gasteiger partial charge in [0.1, 0.15) is 11.6 Å². The number of nitrogens with two attached hydrogens (primary N) is 1. The smallest absolute Gasteiger partial charge is 0.131 e. The molecule has 1 fully saturated rings. The number of likely N-dealkylation sites (tertiary alicyclic amines) is 1. The maximum absolute atomic E-state index is 13.9. The fraction of sp³-hybridized carbons (Fsp3) is 0.571. The topological polar surface area (TPSA) is 79.0 Å². The van der Waals surface area contributed by atoms with Crippen LogP contribution in [0.5, 0.6) is 5.75 Å². The number of aliphatic hydroxyl groups is 2. The zero-order valence-electron chi connectivity index (χ0n) is 11.5. The highest BCUT2D eigenvalue weighted by molar-refractivity contribution is 5.37. The Labute approximate surface area is 117 Å². The Morgan fingerprint density at radius 1 is 1.40 bits per heavy atom. The number of nitrogens with zero attached hydrogens (tertiary/aromatic N) is 1. The first-order valence-electron chi connectivity index (χ1n) is 6.69. The van der Waals surface area contributed by atoms with E-state index in [0.717, 1.165) is 0 Å². The maximum atomic E-state index is 13.9. The highest BCUT2D eigenvalue weighted by Gasteiger charge is 2.29. The van der Waals surface area contributed by atoms with Crippen LogP contribution in [0.2, 0.25) is 0 Å². The Bertz CT molecular complexity index is 448. The highest BCUT2D eigenvalue weighted by atomic mass is 19.1. The van der Waals surface area contributed by atoms with E-state index in [9.17, 15) is 14.6 Å². The Kier molecular flexibility index (Phi) is 4.93. The lowest BCUT2D eigenvalue weighted by Crippen LogP contribution is -2.27. The van der Waals surface area contributed by atoms with Crippen molar-refractivity contribution in [1.82, 2.24) is 4.90 Å². The van der Waals surface area contributed by atoms with Crippen LogP contribution in [0.3, 0.4) is 0 Å². The average Bonchev–Trinajstić information content (AvgIpc) is 2.74. The van der Waals surface area contributed by atoms with Crippen LogP contribution in [-0.4, -0.2) is 54.1 Å². The Morgan fingerprint density at radius 3 is 2.65 bits per heavy atom. The quantitative estimate of drug-likeness (QED) is 0.723. The molecule has 3 unspecified atom stereocenters. The molecule has 0 bridgehead atoms. The third kappa shape index (κ3) is 3.27. The van der Waals surface area contributed by atoms with E-state index in [2.05, 4.69) is 0 Å². The summed E-state index contributed by atoms with van der Waals surface area (Å²) in [4.78, 5) is 1.92. The van der Waals surface area contributed by atoms with Gasteiger partial charge in [-0.05, 0) is 18.6 Å². The van der Waals surface area contributed by atoms with Gasteiger partial charge in [-0.3, -0.25) is 4.90 Å². The lowest BCUT2D eigenvalue weighted by molar-refractivity contribution is 0.0572. The molecule has 3 atom stereocenters. The van der Waals surface area contributed by atoms with E-state index >= 15 is 0 Å². The highest BCUT2D eigenvalue weighted by Crippen LogP contribution is 2.28. The monoisotopic (exact) mass is 284 g/mol. The summed E-state index contributed by atoms with van der Waals surface area (Å²) in [5.41, 5.74) is 6.42. The summed E-state index contributed by atoms with van der Waals surface area (Å²) in [6, 6.07) is 4.14. The molecule has 1 aromatic rings. The van der Waals surface area contributed by atoms with Crippen molar-refractivity contribution in [3.8, 4) is 5.75 Å². The molecule has 0 radical (unpaired) electrons. The van der Waals surface area contributed by atoms with Crippen LogP contribution < -0.4 is 10.5 Å². The summed E-state index contributed by atoms with van der Waals surface area (Å²) in [5, 5.41) is 18.9. The van der Waals surface area contributed by atoms with E-state index in [0.29, 0.717) is 37.4 Å². The Hall–Kier alpha value is -1.21. The van der Waals surface area contributed by atoms with Crippen LogP contribution in [0.4, 0.5) is 4.39 Å². The molecule has 6 heteroatoms. The van der Waals surface area contributed by atoms with Crippen molar-refractivity contribution in [2.75, 3.05) is 26.7 Å². The number of hydrogen-bond donors (Lipinski definition) is 3. The molecule has 0 spiro atoms. The zero-order valence-corrected chi connectivity index (χ0v) is 11.5. The first-order chi connectivity index (χ1) is 9.52. The molecule has 5 nitrogen and oxygen atoms in total. The van der Waals surface area contributed by atoms with Gasteiger partial charge in [0, 0.05) is 31.2 Å². The van der Waals surface area contributed by atoms with E-state index < -0.39 is 18.2 Å². The van der Waals surface area contributed by atoms with Gasteiger partial charge in [0.15, 0.2) is 0 Å². The lowest BCUT2D eigenvalue weighted by Gasteiger charge is -2.20. The molecule has 1 aliphatic heterocycles. The number of ether oxygens (including phenoxy) is 1. The third-order valence-electron chi connectivity index (χ3n) is 3.69. The second-order valence-corrected chi connectivity index (χ2v) is 5.15. The van der Waals surface area contributed by atoms with Gasteiger partial charge in [-0.15, -0.1) is 0 Å². The van der Waals surface area contributed by atoms with Crippen molar-refractivity contribution in [2.45, 2.75) is 24.7 Å². The van der Waals surface area contributed by atoms with Gasteiger partial charge in [-0.1, -0.05) is 6.07 Å². The van der Waals surface area contributed by atoms with Gasteiger partial charge in [0.05, 0.1) is 19.3 Å². The molecule has 0 aliphatic carbocycles. The van der Waals surface area contributed by atoms with E-state index in [1.54, 1.807) is 12.1 Å². The van der Waals surface area contributed by atoms with Crippen molar-refractivity contribution < 1.29 is 19.3 Å². The van der Waals surface area contributed by atoms with Crippen LogP contribution >= 0.6 is 0 Å². The molecule has 1 aromatic carbocycles. The van der Waals surface area contributed by atoms with Crippen molar-refractivity contribution in [3.05, 3.63) is 29.6 Å². The van der Waals surface area contributed by atoms with E-state index in [-0.39, 0.29) is 5.82 Å². The van der Waals surface area contributed by atoms with Crippen molar-refractivity contribution in [1.29, 1.82) is 0 Å². The number of methoxy groups -OCH3 is 1.